The molecule has 0 aliphatic carbocycles. The summed E-state index contributed by atoms with van der Waals surface area (Å²) in [5.74, 6) is 0.0649. The highest BCUT2D eigenvalue weighted by atomic mass is 127. The van der Waals surface area contributed by atoms with Gasteiger partial charge in [0.15, 0.2) is 0 Å². The van der Waals surface area contributed by atoms with Gasteiger partial charge in [0.1, 0.15) is 11.6 Å². The van der Waals surface area contributed by atoms with Crippen molar-refractivity contribution in [3.63, 3.8) is 0 Å². The third kappa shape index (κ3) is 2.41. The summed E-state index contributed by atoms with van der Waals surface area (Å²) in [6.45, 7) is -0.891. The Bertz CT molecular complexity index is 268. The van der Waals surface area contributed by atoms with E-state index < -0.39 is 6.86 Å². The minimum atomic E-state index is -0.891. The third-order valence-corrected chi connectivity index (χ3v) is 2.76. The fourth-order valence-electron chi connectivity index (χ4n) is 0.721. The zero-order valence-electron chi connectivity index (χ0n) is 5.78. The molecule has 0 heterocycles. The average molecular weight is 396 g/mol. The number of halogens is 4. The molecule has 5 heteroatoms. The van der Waals surface area contributed by atoms with Crippen molar-refractivity contribution < 1.29 is 13.5 Å². The molecule has 0 aliphatic rings. The van der Waals surface area contributed by atoms with Crippen molar-refractivity contribution in [3.05, 3.63) is 25.1 Å². The van der Waals surface area contributed by atoms with Gasteiger partial charge in [0.2, 0.25) is 6.86 Å². The Morgan fingerprint density at radius 1 is 1.25 bits per heavy atom. The molecule has 66 valence electrons. The first-order chi connectivity index (χ1) is 5.65. The molecule has 0 saturated carbocycles. The molecular weight excluding hydrogens is 392 g/mol. The first kappa shape index (κ1) is 10.4. The van der Waals surface area contributed by atoms with E-state index in [1.165, 1.54) is 12.1 Å². The fraction of sp³-hybridized carbons (Fsp3) is 0.143. The first-order valence-electron chi connectivity index (χ1n) is 2.98. The summed E-state index contributed by atoms with van der Waals surface area (Å²) in [4.78, 5) is 0. The number of rotatable bonds is 2. The average Bonchev–Trinajstić information content (AvgIpc) is 1.96. The van der Waals surface area contributed by atoms with E-state index in [0.29, 0.717) is 12.9 Å². The number of ether oxygens (including phenoxy) is 1. The maximum Gasteiger partial charge on any atom is 0.228 e. The molecule has 0 unspecified atom stereocenters. The number of hydrogen-bond donors (Lipinski definition) is 0. The van der Waals surface area contributed by atoms with Gasteiger partial charge in [-0.15, -0.1) is 0 Å². The van der Waals surface area contributed by atoms with E-state index in [1.807, 2.05) is 45.2 Å². The van der Waals surface area contributed by atoms with Gasteiger partial charge in [-0.25, -0.2) is 8.78 Å². The minimum Gasteiger partial charge on any atom is -0.461 e. The van der Waals surface area contributed by atoms with Gasteiger partial charge >= 0.3 is 0 Å². The second-order valence-electron chi connectivity index (χ2n) is 1.95. The molecule has 12 heavy (non-hydrogen) atoms. The van der Waals surface area contributed by atoms with Gasteiger partial charge in [0.05, 0.1) is 7.14 Å². The Kier molecular flexibility index (Phi) is 3.94. The molecule has 0 atom stereocenters. The van der Waals surface area contributed by atoms with Crippen LogP contribution in [0.5, 0.6) is 5.75 Å². The van der Waals surface area contributed by atoms with Crippen molar-refractivity contribution >= 4 is 45.2 Å². The lowest BCUT2D eigenvalue weighted by Crippen LogP contribution is -1.96. The van der Waals surface area contributed by atoms with Crippen LogP contribution in [-0.2, 0) is 0 Å². The molecule has 0 radical (unpaired) electrons. The largest absolute Gasteiger partial charge is 0.461 e. The minimum absolute atomic E-state index is 0.338. The third-order valence-electron chi connectivity index (χ3n) is 1.16. The van der Waals surface area contributed by atoms with E-state index in [-0.39, 0.29) is 5.82 Å². The van der Waals surface area contributed by atoms with E-state index in [2.05, 4.69) is 4.74 Å². The normalized spacial score (nSPS) is 10.0. The molecule has 1 rings (SSSR count). The maximum absolute atomic E-state index is 12.7. The summed E-state index contributed by atoms with van der Waals surface area (Å²) in [6, 6.07) is 2.60. The summed E-state index contributed by atoms with van der Waals surface area (Å²) >= 11 is 3.80. The Hall–Kier alpha value is 0.340. The van der Waals surface area contributed by atoms with Crippen LogP contribution < -0.4 is 4.74 Å². The van der Waals surface area contributed by atoms with E-state index in [9.17, 15) is 8.78 Å². The van der Waals surface area contributed by atoms with Gasteiger partial charge in [-0.1, -0.05) is 0 Å². The van der Waals surface area contributed by atoms with Crippen molar-refractivity contribution in [2.75, 3.05) is 6.86 Å². The molecule has 0 N–H and O–H groups in total. The van der Waals surface area contributed by atoms with Crippen LogP contribution in [0, 0.1) is 13.0 Å². The summed E-state index contributed by atoms with van der Waals surface area (Å²) in [6.07, 6.45) is 0. The highest BCUT2D eigenvalue weighted by molar-refractivity contribution is 14.1. The highest BCUT2D eigenvalue weighted by Gasteiger charge is 2.08. The molecule has 1 aromatic carbocycles. The van der Waals surface area contributed by atoms with Crippen LogP contribution in [0.25, 0.3) is 0 Å². The van der Waals surface area contributed by atoms with Gasteiger partial charge in [0.25, 0.3) is 0 Å². The summed E-state index contributed by atoms with van der Waals surface area (Å²) in [5, 5.41) is 0. The lowest BCUT2D eigenvalue weighted by Gasteiger charge is -2.06. The van der Waals surface area contributed by atoms with Crippen LogP contribution in [0.15, 0.2) is 12.1 Å². The molecule has 0 spiro atoms. The Morgan fingerprint density at radius 3 is 2.17 bits per heavy atom. The van der Waals surface area contributed by atoms with Crippen LogP contribution in [-0.4, -0.2) is 6.86 Å². The highest BCUT2D eigenvalue weighted by Crippen LogP contribution is 2.28. The molecule has 0 fully saturated rings. The fourth-order valence-corrected chi connectivity index (χ4v) is 2.72. The van der Waals surface area contributed by atoms with Gasteiger partial charge in [0, 0.05) is 0 Å². The topological polar surface area (TPSA) is 9.23 Å². The van der Waals surface area contributed by atoms with Crippen molar-refractivity contribution in [1.29, 1.82) is 0 Å². The second kappa shape index (κ2) is 4.54. The smallest absolute Gasteiger partial charge is 0.228 e. The lowest BCUT2D eigenvalue weighted by atomic mass is 10.3. The van der Waals surface area contributed by atoms with Crippen molar-refractivity contribution in [2.45, 2.75) is 0 Å². The Morgan fingerprint density at radius 2 is 1.75 bits per heavy atom. The molecule has 0 bridgehead atoms. The SMILES string of the molecule is FCOc1c(I)cc(F)cc1I. The molecule has 1 nitrogen and oxygen atoms in total. The van der Waals surface area contributed by atoms with Gasteiger partial charge in [-0.05, 0) is 57.3 Å². The van der Waals surface area contributed by atoms with Crippen LogP contribution in [0.1, 0.15) is 0 Å². The van der Waals surface area contributed by atoms with Crippen LogP contribution in [0.2, 0.25) is 0 Å². The Labute approximate surface area is 95.8 Å². The van der Waals surface area contributed by atoms with Crippen LogP contribution in [0.4, 0.5) is 8.78 Å². The maximum atomic E-state index is 12.7. The Balaban J connectivity index is 3.10. The molecular formula is C7H4F2I2O. The van der Waals surface area contributed by atoms with Crippen molar-refractivity contribution in [2.24, 2.45) is 0 Å². The second-order valence-corrected chi connectivity index (χ2v) is 4.28. The van der Waals surface area contributed by atoms with Gasteiger partial charge in [-0.2, -0.15) is 0 Å². The number of hydrogen-bond acceptors (Lipinski definition) is 1. The van der Waals surface area contributed by atoms with Crippen molar-refractivity contribution in [1.82, 2.24) is 0 Å². The monoisotopic (exact) mass is 396 g/mol. The number of alkyl halides is 1. The molecule has 0 aliphatic heterocycles. The molecule has 0 saturated heterocycles. The lowest BCUT2D eigenvalue weighted by molar-refractivity contribution is 0.189. The first-order valence-corrected chi connectivity index (χ1v) is 5.14. The zero-order valence-corrected chi connectivity index (χ0v) is 10.1. The van der Waals surface area contributed by atoms with Crippen molar-refractivity contribution in [3.8, 4) is 5.75 Å². The summed E-state index contributed by atoms with van der Waals surface area (Å²) in [7, 11) is 0. The summed E-state index contributed by atoms with van der Waals surface area (Å²) in [5.41, 5.74) is 0. The zero-order chi connectivity index (χ0) is 9.14. The predicted octanol–water partition coefficient (Wildman–Crippen LogP) is 3.34. The van der Waals surface area contributed by atoms with Gasteiger partial charge in [-0.3, -0.25) is 0 Å². The van der Waals surface area contributed by atoms with E-state index >= 15 is 0 Å². The van der Waals surface area contributed by atoms with E-state index in [4.69, 9.17) is 0 Å². The predicted molar refractivity (Wildman–Crippen MR) is 58.4 cm³/mol. The van der Waals surface area contributed by atoms with E-state index in [1.54, 1.807) is 0 Å². The molecule has 0 amide bonds. The van der Waals surface area contributed by atoms with Crippen LogP contribution >= 0.6 is 45.2 Å². The molecule has 1 aromatic rings. The van der Waals surface area contributed by atoms with Gasteiger partial charge < -0.3 is 4.74 Å². The quantitative estimate of drug-likeness (QED) is 0.698. The standard InChI is InChI=1S/C7H4F2I2O/c8-3-12-7-5(10)1-4(9)2-6(7)11/h1-2H,3H2. The summed E-state index contributed by atoms with van der Waals surface area (Å²) < 4.78 is 30.3. The van der Waals surface area contributed by atoms with E-state index in [0.717, 1.165) is 0 Å². The molecule has 0 aromatic heterocycles. The van der Waals surface area contributed by atoms with Crippen LogP contribution in [0.3, 0.4) is 0 Å². The number of benzene rings is 1.